The molecule has 1 heterocycles. The molecule has 0 atom stereocenters. The van der Waals surface area contributed by atoms with Gasteiger partial charge in [0.15, 0.2) is 0 Å². The number of rotatable bonds is 6. The number of thioether (sulfide) groups is 1. The van der Waals surface area contributed by atoms with Crippen LogP contribution in [0.2, 0.25) is 0 Å². The van der Waals surface area contributed by atoms with Crippen LogP contribution in [-0.2, 0) is 16.6 Å². The van der Waals surface area contributed by atoms with E-state index in [1.807, 2.05) is 0 Å². The Morgan fingerprint density at radius 2 is 2.11 bits per heavy atom. The first-order valence-electron chi connectivity index (χ1n) is 4.58. The largest absolute Gasteiger partial charge is 0.408 e. The summed E-state index contributed by atoms with van der Waals surface area (Å²) in [6.45, 7) is -1.19. The molecule has 104 valence electrons. The van der Waals surface area contributed by atoms with Crippen LogP contribution in [0, 0.1) is 0 Å². The average molecular weight is 305 g/mol. The number of hydrogen-bond acceptors (Lipinski definition) is 6. The molecule has 0 aliphatic heterocycles. The lowest BCUT2D eigenvalue weighted by Gasteiger charge is -2.07. The number of nitrogens with one attached hydrogen (secondary N) is 1. The minimum atomic E-state index is -4.41. The van der Waals surface area contributed by atoms with E-state index in [9.17, 15) is 21.6 Å². The van der Waals surface area contributed by atoms with E-state index in [-0.39, 0.29) is 17.5 Å². The van der Waals surface area contributed by atoms with Gasteiger partial charge in [0.25, 0.3) is 0 Å². The number of sulfonamides is 1. The summed E-state index contributed by atoms with van der Waals surface area (Å²) in [5, 5.41) is 9.75. The molecular formula is C6H10F3N5O2S2. The van der Waals surface area contributed by atoms with E-state index in [1.54, 1.807) is 0 Å². The average Bonchev–Trinajstić information content (AvgIpc) is 2.56. The lowest BCUT2D eigenvalue weighted by Crippen LogP contribution is -2.24. The molecule has 1 aromatic rings. The predicted molar refractivity (Wildman–Crippen MR) is 57.4 cm³/mol. The molecule has 0 spiro atoms. The van der Waals surface area contributed by atoms with Gasteiger partial charge in [0, 0.05) is 12.3 Å². The normalized spacial score (nSPS) is 12.9. The number of hydrogen-bond donors (Lipinski definition) is 1. The molecule has 0 bridgehead atoms. The molecule has 0 saturated heterocycles. The number of alkyl halides is 3. The third-order valence-corrected chi connectivity index (χ3v) is 3.21. The van der Waals surface area contributed by atoms with E-state index < -0.39 is 22.7 Å². The van der Waals surface area contributed by atoms with Crippen LogP contribution in [0.5, 0.6) is 0 Å². The summed E-state index contributed by atoms with van der Waals surface area (Å²) >= 11 is 0.935. The fourth-order valence-electron chi connectivity index (χ4n) is 0.938. The van der Waals surface area contributed by atoms with Crippen LogP contribution < -0.4 is 4.72 Å². The van der Waals surface area contributed by atoms with Crippen LogP contribution in [0.25, 0.3) is 0 Å². The van der Waals surface area contributed by atoms with Crippen molar-refractivity contribution < 1.29 is 21.6 Å². The van der Waals surface area contributed by atoms with Crippen LogP contribution >= 0.6 is 11.8 Å². The van der Waals surface area contributed by atoms with Crippen molar-refractivity contribution in [1.29, 1.82) is 0 Å². The minimum Gasteiger partial charge on any atom is -0.215 e. The van der Waals surface area contributed by atoms with Gasteiger partial charge in [-0.25, -0.2) is 17.8 Å². The van der Waals surface area contributed by atoms with Gasteiger partial charge < -0.3 is 0 Å². The van der Waals surface area contributed by atoms with Gasteiger partial charge in [0.05, 0.1) is 6.26 Å². The zero-order valence-corrected chi connectivity index (χ0v) is 10.8. The van der Waals surface area contributed by atoms with Crippen molar-refractivity contribution in [2.45, 2.75) is 17.9 Å². The van der Waals surface area contributed by atoms with E-state index in [2.05, 4.69) is 20.2 Å². The minimum absolute atomic E-state index is 0.0115. The van der Waals surface area contributed by atoms with Gasteiger partial charge in [-0.15, -0.1) is 5.10 Å². The molecule has 12 heteroatoms. The van der Waals surface area contributed by atoms with E-state index in [4.69, 9.17) is 0 Å². The summed E-state index contributed by atoms with van der Waals surface area (Å²) in [5.74, 6) is 0.227. The topological polar surface area (TPSA) is 89.8 Å². The van der Waals surface area contributed by atoms with Crippen LogP contribution in [0.4, 0.5) is 13.2 Å². The zero-order chi connectivity index (χ0) is 13.8. The Labute approximate surface area is 105 Å². The second kappa shape index (κ2) is 5.84. The Kier molecular flexibility index (Phi) is 4.92. The first-order chi connectivity index (χ1) is 8.17. The SMILES string of the molecule is CS(=O)(=O)NCCSc1nnnn1CC(F)(F)F. The molecule has 1 aromatic heterocycles. The second-order valence-corrected chi connectivity index (χ2v) is 6.14. The standard InChI is InChI=1S/C6H10F3N5O2S2/c1-18(15,16)10-2-3-17-5-11-12-13-14(5)4-6(7,8)9/h10H,2-4H2,1H3. The summed E-state index contributed by atoms with van der Waals surface area (Å²) in [6.07, 6.45) is -3.42. The van der Waals surface area contributed by atoms with Crippen molar-refractivity contribution in [1.82, 2.24) is 24.9 Å². The lowest BCUT2D eigenvalue weighted by atomic mass is 10.6. The molecule has 0 aromatic carbocycles. The van der Waals surface area contributed by atoms with Crippen LogP contribution in [0.15, 0.2) is 5.16 Å². The molecule has 0 aliphatic carbocycles. The van der Waals surface area contributed by atoms with E-state index >= 15 is 0 Å². The van der Waals surface area contributed by atoms with Gasteiger partial charge in [-0.05, 0) is 10.4 Å². The highest BCUT2D eigenvalue weighted by atomic mass is 32.2. The monoisotopic (exact) mass is 305 g/mol. The Balaban J connectivity index is 2.46. The molecule has 18 heavy (non-hydrogen) atoms. The first-order valence-corrected chi connectivity index (χ1v) is 7.45. The molecule has 0 fully saturated rings. The smallest absolute Gasteiger partial charge is 0.215 e. The third kappa shape index (κ3) is 6.16. The van der Waals surface area contributed by atoms with Crippen molar-refractivity contribution in [3.05, 3.63) is 0 Å². The van der Waals surface area contributed by atoms with E-state index in [0.717, 1.165) is 18.0 Å². The Morgan fingerprint density at radius 1 is 1.44 bits per heavy atom. The number of halogens is 3. The highest BCUT2D eigenvalue weighted by Crippen LogP contribution is 2.20. The highest BCUT2D eigenvalue weighted by molar-refractivity contribution is 7.99. The maximum Gasteiger partial charge on any atom is 0.408 e. The number of aromatic nitrogens is 4. The quantitative estimate of drug-likeness (QED) is 0.582. The maximum atomic E-state index is 12.1. The Morgan fingerprint density at radius 3 is 2.67 bits per heavy atom. The van der Waals surface area contributed by atoms with Gasteiger partial charge >= 0.3 is 6.18 Å². The van der Waals surface area contributed by atoms with Gasteiger partial charge in [0.1, 0.15) is 6.54 Å². The molecule has 0 unspecified atom stereocenters. The summed E-state index contributed by atoms with van der Waals surface area (Å²) in [4.78, 5) is 0. The van der Waals surface area contributed by atoms with Crippen molar-refractivity contribution in [2.24, 2.45) is 0 Å². The van der Waals surface area contributed by atoms with Gasteiger partial charge in [-0.1, -0.05) is 11.8 Å². The number of tetrazole rings is 1. The molecule has 0 aliphatic rings. The summed E-state index contributed by atoms with van der Waals surface area (Å²) < 4.78 is 60.7. The van der Waals surface area contributed by atoms with Crippen molar-refractivity contribution in [3.8, 4) is 0 Å². The van der Waals surface area contributed by atoms with Crippen LogP contribution in [-0.4, -0.2) is 53.4 Å². The fraction of sp³-hybridized carbons (Fsp3) is 0.833. The molecule has 7 nitrogen and oxygen atoms in total. The third-order valence-electron chi connectivity index (χ3n) is 1.53. The predicted octanol–water partition coefficient (Wildman–Crippen LogP) is -0.123. The van der Waals surface area contributed by atoms with Crippen LogP contribution in [0.1, 0.15) is 0 Å². The Hall–Kier alpha value is -0.880. The molecular weight excluding hydrogens is 295 g/mol. The van der Waals surface area contributed by atoms with Crippen LogP contribution in [0.3, 0.4) is 0 Å². The van der Waals surface area contributed by atoms with Gasteiger partial charge in [-0.3, -0.25) is 0 Å². The molecule has 0 saturated carbocycles. The van der Waals surface area contributed by atoms with Gasteiger partial charge in [-0.2, -0.15) is 13.2 Å². The summed E-state index contributed by atoms with van der Waals surface area (Å²) in [6, 6.07) is 0. The first kappa shape index (κ1) is 15.2. The molecule has 1 N–H and O–H groups in total. The maximum absolute atomic E-state index is 12.1. The summed E-state index contributed by atoms with van der Waals surface area (Å²) in [5.41, 5.74) is 0. The molecule has 1 rings (SSSR count). The second-order valence-electron chi connectivity index (χ2n) is 3.25. The zero-order valence-electron chi connectivity index (χ0n) is 9.18. The Bertz CT molecular complexity index is 486. The van der Waals surface area contributed by atoms with E-state index in [1.165, 1.54) is 0 Å². The van der Waals surface area contributed by atoms with E-state index in [0.29, 0.717) is 4.68 Å². The highest BCUT2D eigenvalue weighted by Gasteiger charge is 2.30. The van der Waals surface area contributed by atoms with Gasteiger partial charge in [0.2, 0.25) is 15.2 Å². The van der Waals surface area contributed by atoms with Crippen molar-refractivity contribution >= 4 is 21.8 Å². The number of nitrogens with zero attached hydrogens (tertiary/aromatic N) is 4. The molecule has 0 radical (unpaired) electrons. The molecule has 0 amide bonds. The van der Waals surface area contributed by atoms with Crippen molar-refractivity contribution in [3.63, 3.8) is 0 Å². The fourth-order valence-corrected chi connectivity index (χ4v) is 2.27. The lowest BCUT2D eigenvalue weighted by molar-refractivity contribution is -0.144. The summed E-state index contributed by atoms with van der Waals surface area (Å²) in [7, 11) is -3.31. The van der Waals surface area contributed by atoms with Crippen molar-refractivity contribution in [2.75, 3.05) is 18.6 Å².